The molecule has 4 aromatic rings. The van der Waals surface area contributed by atoms with Gasteiger partial charge in [0.05, 0.1) is 5.56 Å². The normalized spacial score (nSPS) is 10.4. The lowest BCUT2D eigenvalue weighted by Gasteiger charge is -2.12. The Morgan fingerprint density at radius 2 is 1.16 bits per heavy atom. The van der Waals surface area contributed by atoms with Crippen LogP contribution in [0.5, 0.6) is 11.5 Å². The van der Waals surface area contributed by atoms with Gasteiger partial charge in [-0.3, -0.25) is 4.79 Å². The summed E-state index contributed by atoms with van der Waals surface area (Å²) in [6.07, 6.45) is 0.502. The molecule has 9 heteroatoms. The Kier molecular flexibility index (Phi) is 10.4. The summed E-state index contributed by atoms with van der Waals surface area (Å²) in [7, 11) is 2.85. The zero-order valence-electron chi connectivity index (χ0n) is 20.6. The molecule has 0 heterocycles. The average molecular weight is 528 g/mol. The van der Waals surface area contributed by atoms with E-state index in [0.717, 1.165) is 0 Å². The third-order valence-corrected chi connectivity index (χ3v) is 5.18. The molecule has 4 rings (SSSR count). The molecule has 4 aromatic carbocycles. The minimum atomic E-state index is -0.682. The Labute approximate surface area is 217 Å². The molecule has 0 bridgehead atoms. The first kappa shape index (κ1) is 28.4. The van der Waals surface area contributed by atoms with E-state index >= 15 is 0 Å². The lowest BCUT2D eigenvalue weighted by molar-refractivity contribution is 0.0477. The van der Waals surface area contributed by atoms with Crippen molar-refractivity contribution >= 4 is 6.29 Å². The molecule has 0 radical (unpaired) electrons. The minimum absolute atomic E-state index is 0.0240. The molecule has 0 saturated carbocycles. The summed E-state index contributed by atoms with van der Waals surface area (Å²) in [4.78, 5) is 10.9. The molecule has 198 valence electrons. The third kappa shape index (κ3) is 7.18. The second-order valence-corrected chi connectivity index (χ2v) is 7.70. The Morgan fingerprint density at radius 1 is 0.632 bits per heavy atom. The molecule has 0 aliphatic heterocycles. The number of aldehydes is 1. The fourth-order valence-electron chi connectivity index (χ4n) is 3.38. The van der Waals surface area contributed by atoms with Gasteiger partial charge >= 0.3 is 0 Å². The van der Waals surface area contributed by atoms with Gasteiger partial charge in [0.1, 0.15) is 11.6 Å². The zero-order valence-corrected chi connectivity index (χ0v) is 20.6. The number of ether oxygens (including phenoxy) is 4. The maximum Gasteiger partial charge on any atom is 0.188 e. The molecule has 0 N–H and O–H groups in total. The fraction of sp³-hybridized carbons (Fsp3) is 0.138. The highest BCUT2D eigenvalue weighted by molar-refractivity contribution is 5.82. The molecule has 38 heavy (non-hydrogen) atoms. The SMILES string of the molecule is COCOc1c(C=O)ccc(-c2ccc(F)cc2)c1F.COCOc1cccc(-c2ccc(F)cc2)c1F. The first-order valence-corrected chi connectivity index (χ1v) is 11.2. The van der Waals surface area contributed by atoms with E-state index in [1.165, 1.54) is 80.9 Å². The largest absolute Gasteiger partial charge is 0.464 e. The van der Waals surface area contributed by atoms with Crippen molar-refractivity contribution in [3.63, 3.8) is 0 Å². The van der Waals surface area contributed by atoms with Gasteiger partial charge in [-0.2, -0.15) is 0 Å². The molecular weight excluding hydrogens is 504 g/mol. The Balaban J connectivity index is 0.000000212. The molecular formula is C29H24F4O5. The van der Waals surface area contributed by atoms with E-state index in [4.69, 9.17) is 18.9 Å². The number of benzene rings is 4. The number of halogens is 4. The third-order valence-electron chi connectivity index (χ3n) is 5.18. The van der Waals surface area contributed by atoms with Crippen molar-refractivity contribution in [1.82, 2.24) is 0 Å². The summed E-state index contributed by atoms with van der Waals surface area (Å²) < 4.78 is 73.8. The van der Waals surface area contributed by atoms with Crippen molar-refractivity contribution < 1.29 is 41.3 Å². The molecule has 0 saturated heterocycles. The van der Waals surface area contributed by atoms with E-state index in [1.807, 2.05) is 0 Å². The molecule has 0 fully saturated rings. The molecule has 0 aromatic heterocycles. The Morgan fingerprint density at radius 3 is 1.68 bits per heavy atom. The van der Waals surface area contributed by atoms with Gasteiger partial charge in [0.25, 0.3) is 0 Å². The van der Waals surface area contributed by atoms with Crippen LogP contribution >= 0.6 is 0 Å². The Hall–Kier alpha value is -4.21. The number of hydrogen-bond donors (Lipinski definition) is 0. The van der Waals surface area contributed by atoms with Gasteiger partial charge in [-0.05, 0) is 47.5 Å². The molecule has 0 unspecified atom stereocenters. The molecule has 0 spiro atoms. The number of methoxy groups -OCH3 is 2. The summed E-state index contributed by atoms with van der Waals surface area (Å²) >= 11 is 0. The highest BCUT2D eigenvalue weighted by atomic mass is 19.1. The highest BCUT2D eigenvalue weighted by Crippen LogP contribution is 2.32. The van der Waals surface area contributed by atoms with Crippen LogP contribution in [0.1, 0.15) is 10.4 Å². The summed E-state index contributed by atoms with van der Waals surface area (Å²) in [6, 6.07) is 18.7. The van der Waals surface area contributed by atoms with E-state index < -0.39 is 17.5 Å². The van der Waals surface area contributed by atoms with Gasteiger partial charge in [0.2, 0.25) is 0 Å². The van der Waals surface area contributed by atoms with Gasteiger partial charge in [0.15, 0.2) is 43.0 Å². The number of hydrogen-bond acceptors (Lipinski definition) is 5. The molecule has 0 amide bonds. The topological polar surface area (TPSA) is 54.0 Å². The van der Waals surface area contributed by atoms with E-state index in [1.54, 1.807) is 12.1 Å². The van der Waals surface area contributed by atoms with Crippen LogP contribution in [0.15, 0.2) is 78.9 Å². The van der Waals surface area contributed by atoms with Gasteiger partial charge in [-0.15, -0.1) is 0 Å². The van der Waals surface area contributed by atoms with Gasteiger partial charge < -0.3 is 18.9 Å². The summed E-state index contributed by atoms with van der Waals surface area (Å²) in [5.41, 5.74) is 1.76. The van der Waals surface area contributed by atoms with Crippen LogP contribution < -0.4 is 9.47 Å². The number of carbonyl (C=O) groups is 1. The number of rotatable bonds is 9. The number of carbonyl (C=O) groups excluding carboxylic acids is 1. The van der Waals surface area contributed by atoms with E-state index in [-0.39, 0.29) is 42.0 Å². The predicted molar refractivity (Wildman–Crippen MR) is 134 cm³/mol. The van der Waals surface area contributed by atoms with Crippen LogP contribution in [0.25, 0.3) is 22.3 Å². The van der Waals surface area contributed by atoms with Crippen molar-refractivity contribution in [3.05, 3.63) is 108 Å². The fourth-order valence-corrected chi connectivity index (χ4v) is 3.38. The maximum atomic E-state index is 14.4. The smallest absolute Gasteiger partial charge is 0.188 e. The van der Waals surface area contributed by atoms with Crippen molar-refractivity contribution in [2.24, 2.45) is 0 Å². The van der Waals surface area contributed by atoms with Crippen molar-refractivity contribution in [2.75, 3.05) is 27.8 Å². The summed E-state index contributed by atoms with van der Waals surface area (Å²) in [6.45, 7) is -0.200. The van der Waals surface area contributed by atoms with Crippen LogP contribution in [0.3, 0.4) is 0 Å². The van der Waals surface area contributed by atoms with Crippen LogP contribution in [0.4, 0.5) is 17.6 Å². The van der Waals surface area contributed by atoms with Crippen molar-refractivity contribution in [3.8, 4) is 33.8 Å². The van der Waals surface area contributed by atoms with E-state index in [0.29, 0.717) is 23.0 Å². The lowest BCUT2D eigenvalue weighted by atomic mass is 10.0. The van der Waals surface area contributed by atoms with Crippen molar-refractivity contribution in [1.29, 1.82) is 0 Å². The molecule has 0 atom stereocenters. The van der Waals surface area contributed by atoms with Crippen LogP contribution in [0, 0.1) is 23.3 Å². The van der Waals surface area contributed by atoms with Crippen LogP contribution in [-0.4, -0.2) is 34.1 Å². The predicted octanol–water partition coefficient (Wildman–Crippen LogP) is 7.04. The standard InChI is InChI=1S/C15H12F2O3.C14H12F2O2/c1-19-9-20-15-11(8-18)4-7-13(14(15)17)10-2-5-12(16)6-3-10;1-17-9-18-13-4-2-3-12(14(13)16)10-5-7-11(15)8-6-10/h2-8H,9H2,1H3;2-8H,9H2,1H3. The average Bonchev–Trinajstić information content (AvgIpc) is 2.93. The first-order chi connectivity index (χ1) is 18.4. The second kappa shape index (κ2) is 13.9. The molecule has 0 aliphatic carbocycles. The van der Waals surface area contributed by atoms with Gasteiger partial charge in [-0.1, -0.05) is 42.5 Å². The van der Waals surface area contributed by atoms with Crippen molar-refractivity contribution in [2.45, 2.75) is 0 Å². The van der Waals surface area contributed by atoms with E-state index in [2.05, 4.69) is 0 Å². The zero-order chi connectivity index (χ0) is 27.5. The molecule has 5 nitrogen and oxygen atoms in total. The van der Waals surface area contributed by atoms with Crippen LogP contribution in [-0.2, 0) is 9.47 Å². The second-order valence-electron chi connectivity index (χ2n) is 7.70. The summed E-state index contributed by atoms with van der Waals surface area (Å²) in [5.74, 6) is -2.00. The molecule has 0 aliphatic rings. The quantitative estimate of drug-likeness (QED) is 0.133. The van der Waals surface area contributed by atoms with E-state index in [9.17, 15) is 22.4 Å². The summed E-state index contributed by atoms with van der Waals surface area (Å²) in [5, 5.41) is 0. The van der Waals surface area contributed by atoms with Gasteiger partial charge in [-0.25, -0.2) is 17.6 Å². The van der Waals surface area contributed by atoms with Gasteiger partial charge in [0, 0.05) is 25.3 Å². The first-order valence-electron chi connectivity index (χ1n) is 11.2. The highest BCUT2D eigenvalue weighted by Gasteiger charge is 2.16. The van der Waals surface area contributed by atoms with Crippen LogP contribution in [0.2, 0.25) is 0 Å². The maximum absolute atomic E-state index is 14.4. The monoisotopic (exact) mass is 528 g/mol. The minimum Gasteiger partial charge on any atom is -0.464 e. The Bertz CT molecular complexity index is 1340. The lowest BCUT2D eigenvalue weighted by Crippen LogP contribution is -2.04.